The quantitative estimate of drug-likeness (QED) is 0.753. The summed E-state index contributed by atoms with van der Waals surface area (Å²) in [6.07, 6.45) is 0. The maximum atomic E-state index is 11.5. The van der Waals surface area contributed by atoms with Crippen LogP contribution < -0.4 is 20.1 Å². The number of ether oxygens (including phenoxy) is 2. The van der Waals surface area contributed by atoms with Gasteiger partial charge in [-0.25, -0.2) is 4.79 Å². The molecule has 2 N–H and O–H groups in total. The molecule has 0 saturated carbocycles. The molecule has 0 aliphatic carbocycles. The lowest BCUT2D eigenvalue weighted by Crippen LogP contribution is -2.22. The van der Waals surface area contributed by atoms with Gasteiger partial charge in [0.15, 0.2) is 0 Å². The zero-order chi connectivity index (χ0) is 12.4. The van der Waals surface area contributed by atoms with Gasteiger partial charge in [0.25, 0.3) is 5.91 Å². The van der Waals surface area contributed by atoms with Gasteiger partial charge in [-0.1, -0.05) is 0 Å². The minimum absolute atomic E-state index is 0.390. The van der Waals surface area contributed by atoms with E-state index in [9.17, 15) is 9.59 Å². The third kappa shape index (κ3) is 2.01. The van der Waals surface area contributed by atoms with Gasteiger partial charge in [-0.2, -0.15) is 0 Å². The number of amides is 3. The van der Waals surface area contributed by atoms with E-state index < -0.39 is 18.0 Å². The van der Waals surface area contributed by atoms with Gasteiger partial charge in [-0.05, 0) is 12.1 Å². The van der Waals surface area contributed by atoms with Crippen molar-refractivity contribution in [3.63, 3.8) is 0 Å². The monoisotopic (exact) mass is 236 g/mol. The minimum Gasteiger partial charge on any atom is -0.497 e. The molecule has 17 heavy (non-hydrogen) atoms. The number of nitrogens with one attached hydrogen (secondary N) is 2. The molecule has 0 spiro atoms. The average Bonchev–Trinajstić information content (AvgIpc) is 2.67. The molecule has 0 bridgehead atoms. The van der Waals surface area contributed by atoms with Crippen LogP contribution in [0, 0.1) is 0 Å². The fourth-order valence-electron chi connectivity index (χ4n) is 1.69. The van der Waals surface area contributed by atoms with Gasteiger partial charge >= 0.3 is 6.03 Å². The maximum Gasteiger partial charge on any atom is 0.322 e. The molecule has 2 rings (SSSR count). The van der Waals surface area contributed by atoms with Crippen molar-refractivity contribution in [3.8, 4) is 11.5 Å². The van der Waals surface area contributed by atoms with Gasteiger partial charge in [-0.3, -0.25) is 10.1 Å². The normalized spacial score (nSPS) is 18.6. The molecule has 1 aliphatic heterocycles. The minimum atomic E-state index is -0.719. The van der Waals surface area contributed by atoms with Crippen molar-refractivity contribution in [2.24, 2.45) is 0 Å². The lowest BCUT2D eigenvalue weighted by atomic mass is 10.1. The number of urea groups is 1. The number of hydrogen-bond acceptors (Lipinski definition) is 4. The van der Waals surface area contributed by atoms with Crippen molar-refractivity contribution in [2.75, 3.05) is 14.2 Å². The Balaban J connectivity index is 2.38. The van der Waals surface area contributed by atoms with E-state index in [4.69, 9.17) is 9.47 Å². The van der Waals surface area contributed by atoms with Crippen molar-refractivity contribution in [2.45, 2.75) is 6.04 Å². The van der Waals surface area contributed by atoms with E-state index in [1.807, 2.05) is 0 Å². The second-order valence-electron chi connectivity index (χ2n) is 3.50. The fourth-order valence-corrected chi connectivity index (χ4v) is 1.69. The summed E-state index contributed by atoms with van der Waals surface area (Å²) in [7, 11) is 3.03. The number of methoxy groups -OCH3 is 2. The lowest BCUT2D eigenvalue weighted by Gasteiger charge is -2.13. The summed E-state index contributed by atoms with van der Waals surface area (Å²) in [4.78, 5) is 22.6. The lowest BCUT2D eigenvalue weighted by molar-refractivity contribution is -0.120. The zero-order valence-corrected chi connectivity index (χ0v) is 9.44. The molecule has 0 aromatic heterocycles. The second-order valence-corrected chi connectivity index (χ2v) is 3.50. The predicted octanol–water partition coefficient (Wildman–Crippen LogP) is 0.584. The first kappa shape index (κ1) is 11.3. The Bertz CT molecular complexity index is 473. The van der Waals surface area contributed by atoms with Gasteiger partial charge in [0.05, 0.1) is 14.2 Å². The third-order valence-electron chi connectivity index (χ3n) is 2.53. The van der Waals surface area contributed by atoms with E-state index in [-0.39, 0.29) is 0 Å². The molecular weight excluding hydrogens is 224 g/mol. The number of imide groups is 1. The molecule has 1 heterocycles. The van der Waals surface area contributed by atoms with Crippen LogP contribution in [0.2, 0.25) is 0 Å². The topological polar surface area (TPSA) is 76.7 Å². The Kier molecular flexibility index (Phi) is 2.86. The molecule has 1 aromatic rings. The highest BCUT2D eigenvalue weighted by Gasteiger charge is 2.32. The highest BCUT2D eigenvalue weighted by molar-refractivity contribution is 6.04. The molecular formula is C11H12N2O4. The second kappa shape index (κ2) is 4.32. The summed E-state index contributed by atoms with van der Waals surface area (Å²) in [5.74, 6) is 0.723. The number of rotatable bonds is 3. The molecule has 6 nitrogen and oxygen atoms in total. The van der Waals surface area contributed by atoms with Crippen LogP contribution in [0.5, 0.6) is 11.5 Å². The van der Waals surface area contributed by atoms with Crippen LogP contribution >= 0.6 is 0 Å². The number of benzene rings is 1. The molecule has 1 unspecified atom stereocenters. The first-order chi connectivity index (χ1) is 8.15. The van der Waals surface area contributed by atoms with E-state index in [0.29, 0.717) is 17.1 Å². The first-order valence-corrected chi connectivity index (χ1v) is 4.99. The predicted molar refractivity (Wildman–Crippen MR) is 59.0 cm³/mol. The van der Waals surface area contributed by atoms with Crippen molar-refractivity contribution < 1.29 is 19.1 Å². The summed E-state index contributed by atoms with van der Waals surface area (Å²) in [5.41, 5.74) is 0.594. The molecule has 1 aliphatic rings. The number of hydrogen-bond donors (Lipinski definition) is 2. The smallest absolute Gasteiger partial charge is 0.322 e. The Morgan fingerprint density at radius 3 is 2.47 bits per heavy atom. The molecule has 3 amide bonds. The summed E-state index contributed by atoms with van der Waals surface area (Å²) in [5, 5.41) is 4.68. The summed E-state index contributed by atoms with van der Waals surface area (Å²) in [6.45, 7) is 0. The summed E-state index contributed by atoms with van der Waals surface area (Å²) >= 11 is 0. The van der Waals surface area contributed by atoms with Crippen LogP contribution in [-0.4, -0.2) is 26.2 Å². The highest BCUT2D eigenvalue weighted by Crippen LogP contribution is 2.30. The van der Waals surface area contributed by atoms with Gasteiger partial charge < -0.3 is 14.8 Å². The van der Waals surface area contributed by atoms with Crippen molar-refractivity contribution in [1.29, 1.82) is 0 Å². The van der Waals surface area contributed by atoms with Gasteiger partial charge in [0.2, 0.25) is 0 Å². The molecule has 90 valence electrons. The Hall–Kier alpha value is -2.24. The van der Waals surface area contributed by atoms with Gasteiger partial charge in [0.1, 0.15) is 17.5 Å². The van der Waals surface area contributed by atoms with E-state index in [2.05, 4.69) is 10.6 Å². The number of carbonyl (C=O) groups excluding carboxylic acids is 2. The number of carbonyl (C=O) groups is 2. The van der Waals surface area contributed by atoms with Crippen LogP contribution in [0.3, 0.4) is 0 Å². The standard InChI is InChI=1S/C11H12N2O4/c1-16-6-3-4-7(8(5-6)17-2)9-10(14)13-11(15)12-9/h3-5,9H,1-2H3,(H2,12,13,14,15). The van der Waals surface area contributed by atoms with Crippen LogP contribution in [0.4, 0.5) is 4.79 Å². The van der Waals surface area contributed by atoms with E-state index >= 15 is 0 Å². The average molecular weight is 236 g/mol. The molecule has 1 atom stereocenters. The van der Waals surface area contributed by atoms with Crippen LogP contribution in [0.25, 0.3) is 0 Å². The van der Waals surface area contributed by atoms with Crippen LogP contribution in [0.15, 0.2) is 18.2 Å². The van der Waals surface area contributed by atoms with Gasteiger partial charge in [0, 0.05) is 11.6 Å². The SMILES string of the molecule is COc1ccc(C2NC(=O)NC2=O)c(OC)c1. The zero-order valence-electron chi connectivity index (χ0n) is 9.44. The van der Waals surface area contributed by atoms with E-state index in [1.165, 1.54) is 7.11 Å². The van der Waals surface area contributed by atoms with Crippen LogP contribution in [0.1, 0.15) is 11.6 Å². The summed E-state index contributed by atoms with van der Waals surface area (Å²) < 4.78 is 10.2. The largest absolute Gasteiger partial charge is 0.497 e. The fraction of sp³-hybridized carbons (Fsp3) is 0.273. The molecule has 1 fully saturated rings. The molecule has 1 saturated heterocycles. The Labute approximate surface area is 97.9 Å². The molecule has 0 radical (unpaired) electrons. The molecule has 6 heteroatoms. The van der Waals surface area contributed by atoms with E-state index in [0.717, 1.165) is 0 Å². The summed E-state index contributed by atoms with van der Waals surface area (Å²) in [6, 6.07) is 3.83. The maximum absolute atomic E-state index is 11.5. The molecule has 1 aromatic carbocycles. The Morgan fingerprint density at radius 2 is 1.94 bits per heavy atom. The first-order valence-electron chi connectivity index (χ1n) is 4.99. The van der Waals surface area contributed by atoms with Crippen molar-refractivity contribution >= 4 is 11.9 Å². The van der Waals surface area contributed by atoms with Gasteiger partial charge in [-0.15, -0.1) is 0 Å². The third-order valence-corrected chi connectivity index (χ3v) is 2.53. The van der Waals surface area contributed by atoms with E-state index in [1.54, 1.807) is 25.3 Å². The van der Waals surface area contributed by atoms with Crippen LogP contribution in [-0.2, 0) is 4.79 Å². The van der Waals surface area contributed by atoms with Crippen molar-refractivity contribution in [3.05, 3.63) is 23.8 Å². The Morgan fingerprint density at radius 1 is 1.18 bits per heavy atom. The van der Waals surface area contributed by atoms with Crippen molar-refractivity contribution in [1.82, 2.24) is 10.6 Å². The highest BCUT2D eigenvalue weighted by atomic mass is 16.5.